The SMILES string of the molecule is CCN1CCC2(CC1)OC(=O)C(C)=C2C(=O)NCCCN1CCc2ccccc2C1. The summed E-state index contributed by atoms with van der Waals surface area (Å²) < 4.78 is 5.75. The molecule has 1 saturated heterocycles. The fourth-order valence-corrected chi connectivity index (χ4v) is 5.05. The molecule has 162 valence electrons. The molecule has 1 N–H and O–H groups in total. The van der Waals surface area contributed by atoms with Crippen LogP contribution < -0.4 is 5.32 Å². The van der Waals surface area contributed by atoms with Crippen LogP contribution in [0.15, 0.2) is 35.4 Å². The molecule has 3 heterocycles. The van der Waals surface area contributed by atoms with Crippen LogP contribution in [-0.4, -0.2) is 66.5 Å². The predicted octanol–water partition coefficient (Wildman–Crippen LogP) is 2.28. The lowest BCUT2D eigenvalue weighted by Gasteiger charge is -2.39. The Morgan fingerprint density at radius 1 is 1.13 bits per heavy atom. The molecule has 3 aliphatic rings. The van der Waals surface area contributed by atoms with Crippen LogP contribution in [0.5, 0.6) is 0 Å². The zero-order valence-corrected chi connectivity index (χ0v) is 18.2. The quantitative estimate of drug-likeness (QED) is 0.575. The first kappa shape index (κ1) is 21.1. The number of benzene rings is 1. The summed E-state index contributed by atoms with van der Waals surface area (Å²) in [6.45, 7) is 10.2. The van der Waals surface area contributed by atoms with Gasteiger partial charge in [-0.05, 0) is 37.4 Å². The van der Waals surface area contributed by atoms with E-state index in [2.05, 4.69) is 46.3 Å². The summed E-state index contributed by atoms with van der Waals surface area (Å²) in [7, 11) is 0. The molecule has 0 atom stereocenters. The number of amides is 1. The molecule has 1 amide bonds. The van der Waals surface area contributed by atoms with E-state index in [0.29, 0.717) is 30.5 Å². The van der Waals surface area contributed by atoms with Gasteiger partial charge in [0.05, 0.1) is 5.57 Å². The number of fused-ring (bicyclic) bond motifs is 1. The van der Waals surface area contributed by atoms with Crippen LogP contribution in [0.4, 0.5) is 0 Å². The molecule has 1 aromatic carbocycles. The Hall–Kier alpha value is -2.18. The Morgan fingerprint density at radius 3 is 2.60 bits per heavy atom. The average Bonchev–Trinajstić information content (AvgIpc) is 3.01. The number of esters is 1. The van der Waals surface area contributed by atoms with Gasteiger partial charge in [0, 0.05) is 57.7 Å². The lowest BCUT2D eigenvalue weighted by Crippen LogP contribution is -2.48. The van der Waals surface area contributed by atoms with Gasteiger partial charge in [-0.25, -0.2) is 4.79 Å². The molecule has 1 spiro atoms. The Labute approximate surface area is 179 Å². The maximum Gasteiger partial charge on any atom is 0.335 e. The second-order valence-corrected chi connectivity index (χ2v) is 8.72. The third-order valence-corrected chi connectivity index (χ3v) is 6.91. The Kier molecular flexibility index (Phi) is 6.25. The molecular weight excluding hydrogens is 378 g/mol. The zero-order chi connectivity index (χ0) is 21.1. The molecule has 1 fully saturated rings. The summed E-state index contributed by atoms with van der Waals surface area (Å²) in [4.78, 5) is 30.1. The second kappa shape index (κ2) is 8.90. The molecule has 0 bridgehead atoms. The summed E-state index contributed by atoms with van der Waals surface area (Å²) in [5.41, 5.74) is 3.18. The van der Waals surface area contributed by atoms with E-state index in [0.717, 1.165) is 52.1 Å². The van der Waals surface area contributed by atoms with E-state index in [1.165, 1.54) is 11.1 Å². The minimum absolute atomic E-state index is 0.132. The van der Waals surface area contributed by atoms with Crippen LogP contribution in [0, 0.1) is 0 Å². The number of ether oxygens (including phenoxy) is 1. The standard InChI is InChI=1S/C24H33N3O3/c1-3-26-15-10-24(11-16-26)21(18(2)23(29)30-24)22(28)25-12-6-13-27-14-9-19-7-4-5-8-20(19)17-27/h4-5,7-8H,3,6,9-17H2,1-2H3,(H,25,28). The summed E-state index contributed by atoms with van der Waals surface area (Å²) in [5, 5.41) is 3.06. The summed E-state index contributed by atoms with van der Waals surface area (Å²) in [6, 6.07) is 8.63. The Bertz CT molecular complexity index is 840. The second-order valence-electron chi connectivity index (χ2n) is 8.72. The number of hydrogen-bond acceptors (Lipinski definition) is 5. The molecular formula is C24H33N3O3. The van der Waals surface area contributed by atoms with Gasteiger partial charge in [0.2, 0.25) is 0 Å². The summed E-state index contributed by atoms with van der Waals surface area (Å²) in [5.74, 6) is -0.468. The van der Waals surface area contributed by atoms with Crippen molar-refractivity contribution in [2.75, 3.05) is 39.3 Å². The predicted molar refractivity (Wildman–Crippen MR) is 116 cm³/mol. The highest BCUT2D eigenvalue weighted by atomic mass is 16.6. The molecule has 6 nitrogen and oxygen atoms in total. The summed E-state index contributed by atoms with van der Waals surface area (Å²) in [6.07, 6.45) is 3.37. The number of rotatable bonds is 6. The van der Waals surface area contributed by atoms with Crippen molar-refractivity contribution in [3.05, 3.63) is 46.5 Å². The molecule has 30 heavy (non-hydrogen) atoms. The van der Waals surface area contributed by atoms with Gasteiger partial charge in [0.25, 0.3) is 5.91 Å². The van der Waals surface area contributed by atoms with Gasteiger partial charge in [0.15, 0.2) is 0 Å². The van der Waals surface area contributed by atoms with E-state index in [-0.39, 0.29) is 11.9 Å². The fraction of sp³-hybridized carbons (Fsp3) is 0.583. The minimum Gasteiger partial charge on any atom is -0.450 e. The molecule has 0 unspecified atom stereocenters. The monoisotopic (exact) mass is 411 g/mol. The van der Waals surface area contributed by atoms with Crippen molar-refractivity contribution in [1.82, 2.24) is 15.1 Å². The van der Waals surface area contributed by atoms with Crippen molar-refractivity contribution in [3.63, 3.8) is 0 Å². The highest BCUT2D eigenvalue weighted by molar-refractivity contribution is 6.07. The van der Waals surface area contributed by atoms with Gasteiger partial charge in [-0.1, -0.05) is 31.2 Å². The first-order chi connectivity index (χ1) is 14.5. The lowest BCUT2D eigenvalue weighted by atomic mass is 9.82. The molecule has 4 rings (SSSR count). The highest BCUT2D eigenvalue weighted by Crippen LogP contribution is 2.40. The van der Waals surface area contributed by atoms with E-state index < -0.39 is 5.60 Å². The maximum atomic E-state index is 13.0. The smallest absolute Gasteiger partial charge is 0.335 e. The summed E-state index contributed by atoms with van der Waals surface area (Å²) >= 11 is 0. The number of carbonyl (C=O) groups excluding carboxylic acids is 2. The number of hydrogen-bond donors (Lipinski definition) is 1. The van der Waals surface area contributed by atoms with E-state index in [1.54, 1.807) is 6.92 Å². The van der Waals surface area contributed by atoms with Crippen molar-refractivity contribution in [2.24, 2.45) is 0 Å². The number of nitrogens with zero attached hydrogens (tertiary/aromatic N) is 2. The largest absolute Gasteiger partial charge is 0.450 e. The van der Waals surface area contributed by atoms with Crippen LogP contribution in [0.2, 0.25) is 0 Å². The van der Waals surface area contributed by atoms with Gasteiger partial charge < -0.3 is 15.0 Å². The van der Waals surface area contributed by atoms with Crippen LogP contribution in [0.25, 0.3) is 0 Å². The van der Waals surface area contributed by atoms with E-state index in [4.69, 9.17) is 4.74 Å². The van der Waals surface area contributed by atoms with Crippen LogP contribution in [0.1, 0.15) is 44.2 Å². The third kappa shape index (κ3) is 4.16. The number of likely N-dealkylation sites (tertiary alicyclic amines) is 1. The number of carbonyl (C=O) groups is 2. The maximum absolute atomic E-state index is 13.0. The molecule has 6 heteroatoms. The van der Waals surface area contributed by atoms with Crippen LogP contribution in [0.3, 0.4) is 0 Å². The first-order valence-corrected chi connectivity index (χ1v) is 11.3. The highest BCUT2D eigenvalue weighted by Gasteiger charge is 2.50. The van der Waals surface area contributed by atoms with Gasteiger partial charge in [-0.2, -0.15) is 0 Å². The van der Waals surface area contributed by atoms with Crippen molar-refractivity contribution < 1.29 is 14.3 Å². The molecule has 0 aliphatic carbocycles. The lowest BCUT2D eigenvalue weighted by molar-refractivity contribution is -0.150. The first-order valence-electron chi connectivity index (χ1n) is 11.3. The molecule has 0 saturated carbocycles. The topological polar surface area (TPSA) is 61.9 Å². The third-order valence-electron chi connectivity index (χ3n) is 6.91. The Balaban J connectivity index is 1.29. The molecule has 1 aromatic rings. The zero-order valence-electron chi connectivity index (χ0n) is 18.2. The van der Waals surface area contributed by atoms with Gasteiger partial charge in [0.1, 0.15) is 5.60 Å². The molecule has 0 aromatic heterocycles. The van der Waals surface area contributed by atoms with Crippen molar-refractivity contribution in [2.45, 2.75) is 51.7 Å². The van der Waals surface area contributed by atoms with Crippen molar-refractivity contribution >= 4 is 11.9 Å². The molecule has 3 aliphatic heterocycles. The van der Waals surface area contributed by atoms with Crippen molar-refractivity contribution in [3.8, 4) is 0 Å². The van der Waals surface area contributed by atoms with Crippen LogP contribution >= 0.6 is 0 Å². The van der Waals surface area contributed by atoms with Crippen LogP contribution in [-0.2, 0) is 27.3 Å². The van der Waals surface area contributed by atoms with E-state index in [9.17, 15) is 9.59 Å². The van der Waals surface area contributed by atoms with E-state index >= 15 is 0 Å². The normalized spacial score (nSPS) is 21.6. The fourth-order valence-electron chi connectivity index (χ4n) is 5.05. The Morgan fingerprint density at radius 2 is 1.87 bits per heavy atom. The van der Waals surface area contributed by atoms with Gasteiger partial charge in [-0.15, -0.1) is 0 Å². The van der Waals surface area contributed by atoms with Gasteiger partial charge in [-0.3, -0.25) is 9.69 Å². The van der Waals surface area contributed by atoms with E-state index in [1.807, 2.05) is 0 Å². The average molecular weight is 412 g/mol. The minimum atomic E-state index is -0.729. The van der Waals surface area contributed by atoms with Crippen molar-refractivity contribution in [1.29, 1.82) is 0 Å². The number of piperidine rings is 1. The van der Waals surface area contributed by atoms with Gasteiger partial charge >= 0.3 is 5.97 Å². The molecule has 0 radical (unpaired) electrons. The number of nitrogens with one attached hydrogen (secondary N) is 1.